The third-order valence-corrected chi connectivity index (χ3v) is 1.78. The molecule has 0 saturated carbocycles. The quantitative estimate of drug-likeness (QED) is 0.701. The van der Waals surface area contributed by atoms with Crippen LogP contribution in [-0.4, -0.2) is 11.3 Å². The van der Waals surface area contributed by atoms with E-state index in [1.807, 2.05) is 5.38 Å². The van der Waals surface area contributed by atoms with Crippen molar-refractivity contribution in [1.29, 1.82) is 0 Å². The van der Waals surface area contributed by atoms with Crippen LogP contribution in [0.1, 0.15) is 12.1 Å². The van der Waals surface area contributed by atoms with E-state index < -0.39 is 0 Å². The predicted octanol–water partition coefficient (Wildman–Crippen LogP) is 0.768. The minimum absolute atomic E-state index is 0.406. The summed E-state index contributed by atoms with van der Waals surface area (Å²) in [6.07, 6.45) is 2.86. The maximum atomic E-state index is 9.80. The van der Waals surface area contributed by atoms with Crippen LogP contribution < -0.4 is 5.73 Å². The van der Waals surface area contributed by atoms with Gasteiger partial charge in [-0.2, -0.15) is 0 Å². The van der Waals surface area contributed by atoms with E-state index in [4.69, 9.17) is 5.73 Å². The Bertz CT molecular complexity index is 221. The molecule has 0 aliphatic heterocycles. The summed E-state index contributed by atoms with van der Waals surface area (Å²) >= 11 is 1.39. The number of rotatable bonds is 3. The van der Waals surface area contributed by atoms with Crippen molar-refractivity contribution >= 4 is 22.8 Å². The van der Waals surface area contributed by atoms with Crippen LogP contribution in [0.3, 0.4) is 0 Å². The highest BCUT2D eigenvalue weighted by Gasteiger charge is 1.96. The first-order valence-corrected chi connectivity index (χ1v) is 3.76. The van der Waals surface area contributed by atoms with E-state index in [2.05, 4.69) is 4.98 Å². The van der Waals surface area contributed by atoms with Crippen LogP contribution in [-0.2, 0) is 11.2 Å². The number of carbonyl (C=O) groups excluding carboxylic acids is 1. The molecule has 0 aromatic carbocycles. The zero-order valence-corrected chi connectivity index (χ0v) is 6.15. The highest BCUT2D eigenvalue weighted by molar-refractivity contribution is 7.13. The maximum Gasteiger partial charge on any atom is 0.198 e. The van der Waals surface area contributed by atoms with Crippen LogP contribution in [0.5, 0.6) is 0 Å². The minimum Gasteiger partial charge on any atom is -0.375 e. The van der Waals surface area contributed by atoms with Crippen LogP contribution >= 0.6 is 11.3 Å². The van der Waals surface area contributed by atoms with Gasteiger partial charge in [-0.05, 0) is 6.42 Å². The summed E-state index contributed by atoms with van der Waals surface area (Å²) in [4.78, 5) is 13.8. The molecule has 0 unspecified atom stereocenters. The Morgan fingerprint density at radius 1 is 1.80 bits per heavy atom. The number of nitrogens with zero attached hydrogens (tertiary/aromatic N) is 1. The summed E-state index contributed by atoms with van der Waals surface area (Å²) in [6, 6.07) is 0. The molecular weight excluding hydrogens is 148 g/mol. The number of hydrogen-bond donors (Lipinski definition) is 1. The number of anilines is 1. The molecule has 4 heteroatoms. The highest BCUT2D eigenvalue weighted by Crippen LogP contribution is 2.11. The van der Waals surface area contributed by atoms with Gasteiger partial charge in [-0.15, -0.1) is 11.3 Å². The van der Waals surface area contributed by atoms with Crippen LogP contribution in [0.15, 0.2) is 5.38 Å². The average Bonchev–Trinajstić information content (AvgIpc) is 2.31. The zero-order valence-electron chi connectivity index (χ0n) is 5.33. The number of aryl methyl sites for hydroxylation is 1. The second-order valence-electron chi connectivity index (χ2n) is 1.82. The fourth-order valence-electron chi connectivity index (χ4n) is 0.617. The van der Waals surface area contributed by atoms with Crippen LogP contribution in [0.25, 0.3) is 0 Å². The molecule has 10 heavy (non-hydrogen) atoms. The zero-order chi connectivity index (χ0) is 7.40. The number of nitrogens with two attached hydrogens (primary N) is 1. The van der Waals surface area contributed by atoms with E-state index >= 15 is 0 Å². The number of nitrogen functional groups attached to an aromatic ring is 1. The van der Waals surface area contributed by atoms with E-state index in [9.17, 15) is 4.79 Å². The largest absolute Gasteiger partial charge is 0.375 e. The Hall–Kier alpha value is -0.900. The van der Waals surface area contributed by atoms with Gasteiger partial charge in [0, 0.05) is 11.8 Å². The summed E-state index contributed by atoms with van der Waals surface area (Å²) < 4.78 is 0. The molecule has 0 fully saturated rings. The first-order valence-electron chi connectivity index (χ1n) is 2.88. The number of aromatic nitrogens is 1. The summed E-state index contributed by atoms with van der Waals surface area (Å²) in [5, 5.41) is 2.41. The Labute approximate surface area is 62.9 Å². The molecule has 1 heterocycles. The molecule has 3 nitrogen and oxygen atoms in total. The molecule has 0 aliphatic carbocycles. The highest BCUT2D eigenvalue weighted by atomic mass is 32.1. The van der Waals surface area contributed by atoms with Crippen molar-refractivity contribution in [3.8, 4) is 0 Å². The van der Waals surface area contributed by atoms with Gasteiger partial charge in [0.15, 0.2) is 11.4 Å². The van der Waals surface area contributed by atoms with Crippen molar-refractivity contribution in [3.05, 3.63) is 11.1 Å². The lowest BCUT2D eigenvalue weighted by atomic mass is 10.3. The van der Waals surface area contributed by atoms with Crippen molar-refractivity contribution in [2.75, 3.05) is 5.73 Å². The third kappa shape index (κ3) is 1.80. The van der Waals surface area contributed by atoms with E-state index in [1.165, 1.54) is 11.3 Å². The Balaban J connectivity index is 2.49. The summed E-state index contributed by atoms with van der Waals surface area (Å²) in [5.41, 5.74) is 6.24. The van der Waals surface area contributed by atoms with Gasteiger partial charge in [-0.1, -0.05) is 0 Å². The van der Waals surface area contributed by atoms with E-state index in [0.717, 1.165) is 5.69 Å². The predicted molar refractivity (Wildman–Crippen MR) is 40.5 cm³/mol. The van der Waals surface area contributed by atoms with Gasteiger partial charge >= 0.3 is 0 Å². The Morgan fingerprint density at radius 2 is 2.60 bits per heavy atom. The van der Waals surface area contributed by atoms with Crippen LogP contribution in [0, 0.1) is 0 Å². The minimum atomic E-state index is 0.406. The molecule has 0 bridgehead atoms. The smallest absolute Gasteiger partial charge is 0.198 e. The standard InChI is InChI=1S/C6H7N2OS/c7-6-8-5(4-10-6)2-1-3-9/h4H,1-2H2,(H2,7,8). The van der Waals surface area contributed by atoms with Gasteiger partial charge in [-0.25, -0.2) is 4.98 Å². The molecule has 1 aromatic heterocycles. The van der Waals surface area contributed by atoms with Gasteiger partial charge in [0.05, 0.1) is 5.69 Å². The summed E-state index contributed by atoms with van der Waals surface area (Å²) in [7, 11) is 0. The van der Waals surface area contributed by atoms with Crippen LogP contribution in [0.4, 0.5) is 5.13 Å². The molecule has 2 N–H and O–H groups in total. The second kappa shape index (κ2) is 3.31. The van der Waals surface area contributed by atoms with Gasteiger partial charge in [0.2, 0.25) is 0 Å². The molecule has 0 aliphatic rings. The van der Waals surface area contributed by atoms with Crippen molar-refractivity contribution in [1.82, 2.24) is 4.98 Å². The Kier molecular flexibility index (Phi) is 2.39. The molecule has 0 atom stereocenters. The Morgan fingerprint density at radius 3 is 3.10 bits per heavy atom. The summed E-state index contributed by atoms with van der Waals surface area (Å²) in [5.74, 6) is 0. The van der Waals surface area contributed by atoms with E-state index in [-0.39, 0.29) is 0 Å². The molecule has 0 amide bonds. The number of thiazole rings is 1. The fraction of sp³-hybridized carbons (Fsp3) is 0.333. The van der Waals surface area contributed by atoms with Gasteiger partial charge < -0.3 is 5.73 Å². The molecule has 0 saturated heterocycles. The molecule has 0 spiro atoms. The lowest BCUT2D eigenvalue weighted by molar-refractivity contribution is 0.551. The van der Waals surface area contributed by atoms with Crippen LogP contribution in [0.2, 0.25) is 0 Å². The third-order valence-electron chi connectivity index (χ3n) is 1.05. The molecule has 53 valence electrons. The normalized spacial score (nSPS) is 9.60. The average molecular weight is 155 g/mol. The lowest BCUT2D eigenvalue weighted by Crippen LogP contribution is -1.87. The molecule has 1 rings (SSSR count). The topological polar surface area (TPSA) is 56.0 Å². The lowest BCUT2D eigenvalue weighted by Gasteiger charge is -1.84. The van der Waals surface area contributed by atoms with E-state index in [1.54, 1.807) is 6.29 Å². The molecule has 1 aromatic rings. The fourth-order valence-corrected chi connectivity index (χ4v) is 1.21. The van der Waals surface area contributed by atoms with Crippen molar-refractivity contribution in [2.24, 2.45) is 0 Å². The monoisotopic (exact) mass is 155 g/mol. The van der Waals surface area contributed by atoms with Gasteiger partial charge in [0.1, 0.15) is 0 Å². The van der Waals surface area contributed by atoms with E-state index in [0.29, 0.717) is 18.0 Å². The van der Waals surface area contributed by atoms with Gasteiger partial charge in [-0.3, -0.25) is 4.79 Å². The van der Waals surface area contributed by atoms with Crippen molar-refractivity contribution < 1.29 is 4.79 Å². The summed E-state index contributed by atoms with van der Waals surface area (Å²) in [6.45, 7) is 0. The van der Waals surface area contributed by atoms with Crippen molar-refractivity contribution in [2.45, 2.75) is 12.8 Å². The van der Waals surface area contributed by atoms with Gasteiger partial charge in [0.25, 0.3) is 0 Å². The second-order valence-corrected chi connectivity index (χ2v) is 2.71. The van der Waals surface area contributed by atoms with Crippen molar-refractivity contribution in [3.63, 3.8) is 0 Å². The molecular formula is C6H7N2OS. The first-order chi connectivity index (χ1) is 4.83. The maximum absolute atomic E-state index is 9.80. The molecule has 1 radical (unpaired) electrons. The number of hydrogen-bond acceptors (Lipinski definition) is 4. The first kappa shape index (κ1) is 7.21. The SMILES string of the molecule is Nc1nc(CC[C]=O)cs1.